The smallest absolute Gasteiger partial charge is 0.257 e. The Morgan fingerprint density at radius 3 is 2.52 bits per heavy atom. The number of thiophene rings is 1. The molecular formula is C24H23N5OS. The molecule has 0 aliphatic carbocycles. The molecule has 1 fully saturated rings. The van der Waals surface area contributed by atoms with Gasteiger partial charge in [0, 0.05) is 51.3 Å². The monoisotopic (exact) mass is 429 g/mol. The van der Waals surface area contributed by atoms with Crippen LogP contribution in [0, 0.1) is 0 Å². The van der Waals surface area contributed by atoms with Crippen molar-refractivity contribution in [3.8, 4) is 16.3 Å². The first-order valence-electron chi connectivity index (χ1n) is 10.4. The summed E-state index contributed by atoms with van der Waals surface area (Å²) in [5.41, 5.74) is 3.56. The predicted molar refractivity (Wildman–Crippen MR) is 122 cm³/mol. The Balaban J connectivity index is 1.35. The summed E-state index contributed by atoms with van der Waals surface area (Å²) in [5.74, 6) is 0.0478. The van der Waals surface area contributed by atoms with Crippen LogP contribution in [0.1, 0.15) is 15.9 Å². The average molecular weight is 430 g/mol. The second-order valence-corrected chi connectivity index (χ2v) is 8.53. The van der Waals surface area contributed by atoms with E-state index in [9.17, 15) is 4.79 Å². The number of nitrogens with zero attached hydrogens (tertiary/aromatic N) is 5. The predicted octanol–water partition coefficient (Wildman–Crippen LogP) is 3.95. The second kappa shape index (κ2) is 8.83. The summed E-state index contributed by atoms with van der Waals surface area (Å²) in [6.07, 6.45) is 5.57. The van der Waals surface area contributed by atoms with Gasteiger partial charge in [-0.15, -0.1) is 11.3 Å². The molecule has 1 aliphatic rings. The van der Waals surface area contributed by atoms with E-state index in [0.29, 0.717) is 18.7 Å². The van der Waals surface area contributed by atoms with E-state index in [4.69, 9.17) is 5.10 Å². The highest BCUT2D eigenvalue weighted by molar-refractivity contribution is 7.13. The van der Waals surface area contributed by atoms with Gasteiger partial charge in [-0.25, -0.2) is 4.68 Å². The molecule has 0 spiro atoms. The highest BCUT2D eigenvalue weighted by atomic mass is 32.1. The molecule has 1 amide bonds. The summed E-state index contributed by atoms with van der Waals surface area (Å²) in [7, 11) is 0. The van der Waals surface area contributed by atoms with Crippen molar-refractivity contribution in [2.75, 3.05) is 26.2 Å². The molecule has 0 unspecified atom stereocenters. The number of carbonyl (C=O) groups is 1. The van der Waals surface area contributed by atoms with Crippen LogP contribution in [-0.4, -0.2) is 56.7 Å². The third kappa shape index (κ3) is 4.28. The Morgan fingerprint density at radius 2 is 1.81 bits per heavy atom. The summed E-state index contributed by atoms with van der Waals surface area (Å²) >= 11 is 1.60. The first-order valence-corrected chi connectivity index (χ1v) is 11.3. The molecule has 0 saturated carbocycles. The van der Waals surface area contributed by atoms with Crippen LogP contribution in [0.2, 0.25) is 0 Å². The Bertz CT molecular complexity index is 1130. The van der Waals surface area contributed by atoms with E-state index < -0.39 is 0 Å². The normalized spacial score (nSPS) is 14.6. The van der Waals surface area contributed by atoms with Gasteiger partial charge in [0.05, 0.1) is 16.1 Å². The van der Waals surface area contributed by atoms with E-state index in [0.717, 1.165) is 35.9 Å². The van der Waals surface area contributed by atoms with Crippen LogP contribution in [0.15, 0.2) is 78.6 Å². The quantitative estimate of drug-likeness (QED) is 0.482. The fraction of sp³-hybridized carbons (Fsp3) is 0.208. The molecular weight excluding hydrogens is 406 g/mol. The zero-order valence-electron chi connectivity index (χ0n) is 17.1. The highest BCUT2D eigenvalue weighted by Crippen LogP contribution is 2.29. The van der Waals surface area contributed by atoms with Gasteiger partial charge >= 0.3 is 0 Å². The summed E-state index contributed by atoms with van der Waals surface area (Å²) in [6.45, 7) is 3.98. The van der Waals surface area contributed by atoms with Gasteiger partial charge in [0.1, 0.15) is 5.69 Å². The number of pyridine rings is 1. The third-order valence-electron chi connectivity index (χ3n) is 5.51. The SMILES string of the molecule is O=C(c1cn(-c2ccccc2)nc1-c1cccs1)N1CCN(Cc2cccnc2)CC1. The van der Waals surface area contributed by atoms with Crippen molar-refractivity contribution in [2.45, 2.75) is 6.54 Å². The number of amides is 1. The molecule has 5 rings (SSSR count). The third-order valence-corrected chi connectivity index (χ3v) is 6.39. The summed E-state index contributed by atoms with van der Waals surface area (Å²) in [5, 5.41) is 6.79. The number of hydrogen-bond donors (Lipinski definition) is 0. The van der Waals surface area contributed by atoms with Crippen LogP contribution in [0.5, 0.6) is 0 Å². The first kappa shape index (κ1) is 19.7. The summed E-state index contributed by atoms with van der Waals surface area (Å²) in [6, 6.07) is 18.0. The summed E-state index contributed by atoms with van der Waals surface area (Å²) in [4.78, 5) is 23.0. The van der Waals surface area contributed by atoms with Gasteiger partial charge in [-0.2, -0.15) is 5.10 Å². The van der Waals surface area contributed by atoms with E-state index >= 15 is 0 Å². The van der Waals surface area contributed by atoms with E-state index in [-0.39, 0.29) is 5.91 Å². The Kier molecular flexibility index (Phi) is 5.60. The van der Waals surface area contributed by atoms with Gasteiger partial charge in [-0.05, 0) is 35.2 Å². The number of rotatable bonds is 5. The molecule has 3 aromatic heterocycles. The molecule has 4 aromatic rings. The lowest BCUT2D eigenvalue weighted by Crippen LogP contribution is -2.48. The lowest BCUT2D eigenvalue weighted by Gasteiger charge is -2.34. The van der Waals surface area contributed by atoms with Crippen molar-refractivity contribution in [1.82, 2.24) is 24.6 Å². The van der Waals surface area contributed by atoms with Crippen LogP contribution >= 0.6 is 11.3 Å². The largest absolute Gasteiger partial charge is 0.336 e. The van der Waals surface area contributed by atoms with Gasteiger partial charge in [0.2, 0.25) is 0 Å². The van der Waals surface area contributed by atoms with Gasteiger partial charge in [-0.1, -0.05) is 30.3 Å². The fourth-order valence-electron chi connectivity index (χ4n) is 3.87. The van der Waals surface area contributed by atoms with Crippen LogP contribution < -0.4 is 0 Å². The molecule has 0 N–H and O–H groups in total. The van der Waals surface area contributed by atoms with Crippen LogP contribution in [0.3, 0.4) is 0 Å². The molecule has 0 radical (unpaired) electrons. The Hall–Kier alpha value is -3.29. The Morgan fingerprint density at radius 1 is 0.968 bits per heavy atom. The second-order valence-electron chi connectivity index (χ2n) is 7.58. The fourth-order valence-corrected chi connectivity index (χ4v) is 4.59. The van der Waals surface area contributed by atoms with E-state index in [1.807, 2.05) is 71.2 Å². The number of carbonyl (C=O) groups excluding carboxylic acids is 1. The molecule has 0 bridgehead atoms. The van der Waals surface area contributed by atoms with E-state index in [2.05, 4.69) is 16.0 Å². The molecule has 1 saturated heterocycles. The number of para-hydroxylation sites is 1. The lowest BCUT2D eigenvalue weighted by atomic mass is 10.1. The van der Waals surface area contributed by atoms with Crippen molar-refractivity contribution >= 4 is 17.2 Å². The summed E-state index contributed by atoms with van der Waals surface area (Å²) < 4.78 is 1.81. The first-order chi connectivity index (χ1) is 15.3. The van der Waals surface area contributed by atoms with Crippen molar-refractivity contribution in [3.63, 3.8) is 0 Å². The maximum Gasteiger partial charge on any atom is 0.257 e. The van der Waals surface area contributed by atoms with Crippen molar-refractivity contribution in [1.29, 1.82) is 0 Å². The highest BCUT2D eigenvalue weighted by Gasteiger charge is 2.27. The van der Waals surface area contributed by atoms with Crippen LogP contribution in [0.25, 0.3) is 16.3 Å². The molecule has 1 aromatic carbocycles. The van der Waals surface area contributed by atoms with Crippen molar-refractivity contribution in [2.24, 2.45) is 0 Å². The topological polar surface area (TPSA) is 54.3 Å². The molecule has 0 atom stereocenters. The number of benzene rings is 1. The van der Waals surface area contributed by atoms with Gasteiger partial charge in [0.25, 0.3) is 5.91 Å². The minimum Gasteiger partial charge on any atom is -0.336 e. The standard InChI is InChI=1S/C24H23N5OS/c30-24(28-13-11-27(12-14-28)17-19-6-4-10-25-16-19)21-18-29(20-7-2-1-3-8-20)26-23(21)22-9-5-15-31-22/h1-10,15-16,18H,11-14,17H2. The maximum atomic E-state index is 13.5. The van der Waals surface area contributed by atoms with Gasteiger partial charge in [0.15, 0.2) is 0 Å². The zero-order valence-corrected chi connectivity index (χ0v) is 17.9. The van der Waals surface area contributed by atoms with Gasteiger partial charge in [-0.3, -0.25) is 14.7 Å². The van der Waals surface area contributed by atoms with Gasteiger partial charge < -0.3 is 4.90 Å². The van der Waals surface area contributed by atoms with Crippen LogP contribution in [0.4, 0.5) is 0 Å². The average Bonchev–Trinajstić information content (AvgIpc) is 3.51. The number of piperazine rings is 1. The van der Waals surface area contributed by atoms with E-state index in [1.54, 1.807) is 22.2 Å². The zero-order chi connectivity index (χ0) is 21.0. The minimum atomic E-state index is 0.0478. The van der Waals surface area contributed by atoms with Crippen molar-refractivity contribution < 1.29 is 4.79 Å². The Labute approximate surface area is 185 Å². The molecule has 6 nitrogen and oxygen atoms in total. The maximum absolute atomic E-state index is 13.5. The molecule has 7 heteroatoms. The number of hydrogen-bond acceptors (Lipinski definition) is 5. The number of aromatic nitrogens is 3. The molecule has 156 valence electrons. The van der Waals surface area contributed by atoms with E-state index in [1.165, 1.54) is 5.56 Å². The minimum absolute atomic E-state index is 0.0478. The van der Waals surface area contributed by atoms with Crippen molar-refractivity contribution in [3.05, 3.63) is 89.7 Å². The molecule has 1 aliphatic heterocycles. The molecule has 31 heavy (non-hydrogen) atoms. The lowest BCUT2D eigenvalue weighted by molar-refractivity contribution is 0.0629. The molecule has 4 heterocycles. The van der Waals surface area contributed by atoms with Crippen LogP contribution in [-0.2, 0) is 6.54 Å².